The van der Waals surface area contributed by atoms with E-state index in [0.29, 0.717) is 23.5 Å². The summed E-state index contributed by atoms with van der Waals surface area (Å²) in [6, 6.07) is 5.17. The average molecular weight is 289 g/mol. The molecule has 2 rings (SSSR count). The quantitative estimate of drug-likeness (QED) is 0.645. The zero-order chi connectivity index (χ0) is 15.2. The minimum Gasteiger partial charge on any atom is -0.493 e. The highest BCUT2D eigenvalue weighted by molar-refractivity contribution is 6.02. The van der Waals surface area contributed by atoms with Crippen molar-refractivity contribution in [3.63, 3.8) is 0 Å². The van der Waals surface area contributed by atoms with Gasteiger partial charge in [0.15, 0.2) is 0 Å². The molecule has 21 heavy (non-hydrogen) atoms. The Kier molecular flexibility index (Phi) is 5.20. The second-order valence-corrected chi connectivity index (χ2v) is 5.33. The van der Waals surface area contributed by atoms with Gasteiger partial charge in [0.25, 0.3) is 5.91 Å². The molecule has 0 radical (unpaired) electrons. The van der Waals surface area contributed by atoms with Crippen LogP contribution in [-0.4, -0.2) is 36.3 Å². The highest BCUT2D eigenvalue weighted by Gasteiger charge is 2.19. The largest absolute Gasteiger partial charge is 0.493 e. The first-order valence-electron chi connectivity index (χ1n) is 7.54. The van der Waals surface area contributed by atoms with E-state index in [9.17, 15) is 4.79 Å². The first-order valence-corrected chi connectivity index (χ1v) is 7.54. The van der Waals surface area contributed by atoms with Crippen molar-refractivity contribution in [2.24, 2.45) is 5.73 Å². The molecule has 5 nitrogen and oxygen atoms in total. The first kappa shape index (κ1) is 15.4. The topological polar surface area (TPSA) is 79.4 Å². The number of benzene rings is 1. The number of amidine groups is 1. The molecule has 0 aliphatic carbocycles. The van der Waals surface area contributed by atoms with Crippen molar-refractivity contribution in [3.05, 3.63) is 29.3 Å². The molecule has 1 fully saturated rings. The van der Waals surface area contributed by atoms with Gasteiger partial charge in [0.05, 0.1) is 12.2 Å². The third-order valence-corrected chi connectivity index (χ3v) is 3.62. The fourth-order valence-corrected chi connectivity index (χ4v) is 2.49. The Morgan fingerprint density at radius 3 is 2.67 bits per heavy atom. The van der Waals surface area contributed by atoms with Crippen molar-refractivity contribution < 1.29 is 9.53 Å². The summed E-state index contributed by atoms with van der Waals surface area (Å²) in [6.07, 6.45) is 4.18. The molecule has 114 valence electrons. The summed E-state index contributed by atoms with van der Waals surface area (Å²) in [7, 11) is 0. The van der Waals surface area contributed by atoms with E-state index >= 15 is 0 Å². The number of nitrogens with one attached hydrogen (secondary N) is 1. The fraction of sp³-hybridized carbons (Fsp3) is 0.500. The van der Waals surface area contributed by atoms with Crippen LogP contribution >= 0.6 is 0 Å². The van der Waals surface area contributed by atoms with E-state index in [4.69, 9.17) is 15.9 Å². The van der Waals surface area contributed by atoms with E-state index in [1.54, 1.807) is 18.2 Å². The maximum atomic E-state index is 12.5. The smallest absolute Gasteiger partial charge is 0.253 e. The molecule has 5 heteroatoms. The summed E-state index contributed by atoms with van der Waals surface area (Å²) in [4.78, 5) is 14.3. The van der Waals surface area contributed by atoms with Gasteiger partial charge in [-0.1, -0.05) is 6.92 Å². The van der Waals surface area contributed by atoms with E-state index in [1.165, 1.54) is 6.42 Å². The van der Waals surface area contributed by atoms with E-state index in [2.05, 4.69) is 0 Å². The van der Waals surface area contributed by atoms with Crippen LogP contribution < -0.4 is 10.5 Å². The Labute approximate surface area is 125 Å². The summed E-state index contributed by atoms with van der Waals surface area (Å²) in [6.45, 7) is 4.20. The van der Waals surface area contributed by atoms with Gasteiger partial charge < -0.3 is 15.4 Å². The lowest BCUT2D eigenvalue weighted by Crippen LogP contribution is -2.35. The fourth-order valence-electron chi connectivity index (χ4n) is 2.49. The lowest BCUT2D eigenvalue weighted by molar-refractivity contribution is 0.0724. The number of nitrogen functional groups attached to an aromatic ring is 1. The molecule has 0 unspecified atom stereocenters. The minimum atomic E-state index is -0.0746. The Balaban J connectivity index is 2.22. The Morgan fingerprint density at radius 1 is 1.33 bits per heavy atom. The van der Waals surface area contributed by atoms with Crippen LogP contribution in [-0.2, 0) is 0 Å². The molecule has 0 aromatic heterocycles. The van der Waals surface area contributed by atoms with Crippen LogP contribution in [0.4, 0.5) is 0 Å². The average Bonchev–Trinajstić information content (AvgIpc) is 2.52. The number of carbonyl (C=O) groups excluding carboxylic acids is 1. The number of nitrogens with zero attached hydrogens (tertiary/aromatic N) is 1. The standard InChI is InChI=1S/C16H23N3O2/c1-2-10-21-14-7-6-12(11-13(14)15(17)18)16(20)19-8-4-3-5-9-19/h6-7,11H,2-5,8-10H2,1H3,(H3,17,18). The van der Waals surface area contributed by atoms with E-state index < -0.39 is 0 Å². The van der Waals surface area contributed by atoms with E-state index in [-0.39, 0.29) is 11.7 Å². The highest BCUT2D eigenvalue weighted by Crippen LogP contribution is 2.22. The summed E-state index contributed by atoms with van der Waals surface area (Å²) < 4.78 is 5.58. The number of hydrogen-bond acceptors (Lipinski definition) is 3. The number of ether oxygens (including phenoxy) is 1. The molecule has 1 aliphatic rings. The van der Waals surface area contributed by atoms with E-state index in [0.717, 1.165) is 32.4 Å². The summed E-state index contributed by atoms with van der Waals surface area (Å²) in [5, 5.41) is 7.67. The molecule has 0 atom stereocenters. The maximum absolute atomic E-state index is 12.5. The Morgan fingerprint density at radius 2 is 2.05 bits per heavy atom. The van der Waals surface area contributed by atoms with Gasteiger partial charge in [-0.15, -0.1) is 0 Å². The number of rotatable bonds is 5. The molecule has 1 aromatic carbocycles. The number of amides is 1. The van der Waals surface area contributed by atoms with Crippen LogP contribution in [0.15, 0.2) is 18.2 Å². The zero-order valence-corrected chi connectivity index (χ0v) is 12.5. The molecule has 1 saturated heterocycles. The molecule has 1 amide bonds. The Bertz CT molecular complexity index is 522. The molecular weight excluding hydrogens is 266 g/mol. The van der Waals surface area contributed by atoms with Gasteiger partial charge >= 0.3 is 0 Å². The number of likely N-dealkylation sites (tertiary alicyclic amines) is 1. The first-order chi connectivity index (χ1) is 10.1. The van der Waals surface area contributed by atoms with Crippen LogP contribution in [0.3, 0.4) is 0 Å². The van der Waals surface area contributed by atoms with Gasteiger partial charge in [0, 0.05) is 18.7 Å². The Hall–Kier alpha value is -2.04. The van der Waals surface area contributed by atoms with Crippen LogP contribution in [0.25, 0.3) is 0 Å². The molecule has 1 heterocycles. The predicted octanol–water partition coefficient (Wildman–Crippen LogP) is 2.39. The van der Waals surface area contributed by atoms with Crippen molar-refractivity contribution >= 4 is 11.7 Å². The van der Waals surface area contributed by atoms with Gasteiger partial charge in [-0.05, 0) is 43.9 Å². The SMILES string of the molecule is CCCOc1ccc(C(=O)N2CCCCC2)cc1C(=N)N. The lowest BCUT2D eigenvalue weighted by atomic mass is 10.1. The monoisotopic (exact) mass is 289 g/mol. The third kappa shape index (κ3) is 3.74. The highest BCUT2D eigenvalue weighted by atomic mass is 16.5. The second-order valence-electron chi connectivity index (χ2n) is 5.33. The second kappa shape index (κ2) is 7.11. The van der Waals surface area contributed by atoms with E-state index in [1.807, 2.05) is 11.8 Å². The van der Waals surface area contributed by atoms with Gasteiger partial charge in [-0.25, -0.2) is 0 Å². The number of carbonyl (C=O) groups is 1. The van der Waals surface area contributed by atoms with Crippen molar-refractivity contribution in [1.29, 1.82) is 5.41 Å². The molecule has 0 spiro atoms. The third-order valence-electron chi connectivity index (χ3n) is 3.62. The summed E-state index contributed by atoms with van der Waals surface area (Å²) >= 11 is 0. The van der Waals surface area contributed by atoms with Crippen LogP contribution in [0.5, 0.6) is 5.75 Å². The molecule has 3 N–H and O–H groups in total. The van der Waals surface area contributed by atoms with Gasteiger partial charge in [0.2, 0.25) is 0 Å². The van der Waals surface area contributed by atoms with Gasteiger partial charge in [0.1, 0.15) is 11.6 Å². The van der Waals surface area contributed by atoms with Crippen LogP contribution in [0, 0.1) is 5.41 Å². The van der Waals surface area contributed by atoms with Gasteiger partial charge in [-0.3, -0.25) is 10.2 Å². The maximum Gasteiger partial charge on any atom is 0.253 e. The van der Waals surface area contributed by atoms with Crippen LogP contribution in [0.2, 0.25) is 0 Å². The van der Waals surface area contributed by atoms with Crippen molar-refractivity contribution in [2.75, 3.05) is 19.7 Å². The van der Waals surface area contributed by atoms with Crippen molar-refractivity contribution in [2.45, 2.75) is 32.6 Å². The lowest BCUT2D eigenvalue weighted by Gasteiger charge is -2.27. The molecular formula is C16H23N3O2. The molecule has 1 aliphatic heterocycles. The summed E-state index contributed by atoms with van der Waals surface area (Å²) in [5.74, 6) is 0.508. The molecule has 1 aromatic rings. The molecule has 0 bridgehead atoms. The normalized spacial score (nSPS) is 14.8. The predicted molar refractivity (Wildman–Crippen MR) is 83.0 cm³/mol. The number of nitrogens with two attached hydrogens (primary N) is 1. The number of piperidine rings is 1. The minimum absolute atomic E-state index is 0.0132. The van der Waals surface area contributed by atoms with Crippen LogP contribution in [0.1, 0.15) is 48.5 Å². The van der Waals surface area contributed by atoms with Gasteiger partial charge in [-0.2, -0.15) is 0 Å². The summed E-state index contributed by atoms with van der Waals surface area (Å²) in [5.41, 5.74) is 6.68. The van der Waals surface area contributed by atoms with Crippen molar-refractivity contribution in [1.82, 2.24) is 4.90 Å². The van der Waals surface area contributed by atoms with Crippen molar-refractivity contribution in [3.8, 4) is 5.75 Å². The number of hydrogen-bond donors (Lipinski definition) is 2. The zero-order valence-electron chi connectivity index (χ0n) is 12.5. The molecule has 0 saturated carbocycles.